The molecule has 2 amide bonds. The molecule has 27 heavy (non-hydrogen) atoms. The van der Waals surface area contributed by atoms with Crippen LogP contribution in [0.3, 0.4) is 0 Å². The Morgan fingerprint density at radius 1 is 1.30 bits per heavy atom. The highest BCUT2D eigenvalue weighted by Crippen LogP contribution is 2.26. The predicted molar refractivity (Wildman–Crippen MR) is 99.5 cm³/mol. The Labute approximate surface area is 158 Å². The van der Waals surface area contributed by atoms with E-state index in [1.54, 1.807) is 16.8 Å². The molecule has 1 saturated heterocycles. The molecule has 1 aliphatic heterocycles. The molecule has 1 fully saturated rings. The first kappa shape index (κ1) is 17.8. The van der Waals surface area contributed by atoms with Crippen LogP contribution in [0.15, 0.2) is 22.8 Å². The van der Waals surface area contributed by atoms with Gasteiger partial charge in [-0.2, -0.15) is 5.10 Å². The van der Waals surface area contributed by atoms with Gasteiger partial charge in [0.1, 0.15) is 5.69 Å². The van der Waals surface area contributed by atoms with Gasteiger partial charge in [0.25, 0.3) is 11.8 Å². The van der Waals surface area contributed by atoms with E-state index >= 15 is 0 Å². The van der Waals surface area contributed by atoms with Gasteiger partial charge < -0.3 is 14.6 Å². The fourth-order valence-electron chi connectivity index (χ4n) is 4.25. The van der Waals surface area contributed by atoms with Crippen LogP contribution < -0.4 is 5.32 Å². The molecule has 0 radical (unpaired) electrons. The number of furan rings is 1. The minimum Gasteiger partial charge on any atom is -0.459 e. The molecule has 1 aliphatic carbocycles. The maximum absolute atomic E-state index is 13.2. The molecule has 2 aromatic heterocycles. The molecule has 7 heteroatoms. The highest BCUT2D eigenvalue weighted by molar-refractivity contribution is 5.94. The fraction of sp³-hybridized carbons (Fsp3) is 0.550. The van der Waals surface area contributed by atoms with Gasteiger partial charge in [-0.25, -0.2) is 0 Å². The standard InChI is InChI=1S/C20H26N4O3/c1-23-18(15-7-2-3-8-16(15)22-23)20(26)24-10-4-6-14(13-24)12-21-19(25)17-9-5-11-27-17/h5,9,11,14H,2-4,6-8,10,12-13H2,1H3,(H,21,25). The van der Waals surface area contributed by atoms with E-state index in [1.165, 1.54) is 6.26 Å². The molecule has 2 aromatic rings. The van der Waals surface area contributed by atoms with Crippen molar-refractivity contribution in [1.29, 1.82) is 0 Å². The zero-order valence-corrected chi connectivity index (χ0v) is 15.7. The second-order valence-corrected chi connectivity index (χ2v) is 7.55. The number of carbonyl (C=O) groups is 2. The number of nitrogens with one attached hydrogen (secondary N) is 1. The lowest BCUT2D eigenvalue weighted by molar-refractivity contribution is 0.0658. The summed E-state index contributed by atoms with van der Waals surface area (Å²) in [5.41, 5.74) is 2.98. The van der Waals surface area contributed by atoms with Crippen molar-refractivity contribution in [2.45, 2.75) is 38.5 Å². The van der Waals surface area contributed by atoms with Gasteiger partial charge in [-0.3, -0.25) is 14.3 Å². The van der Waals surface area contributed by atoms with E-state index in [9.17, 15) is 9.59 Å². The second kappa shape index (κ2) is 7.58. The molecule has 144 valence electrons. The Hall–Kier alpha value is -2.57. The summed E-state index contributed by atoms with van der Waals surface area (Å²) in [6, 6.07) is 3.35. The maximum atomic E-state index is 13.2. The Balaban J connectivity index is 1.40. The van der Waals surface area contributed by atoms with Crippen molar-refractivity contribution in [2.75, 3.05) is 19.6 Å². The summed E-state index contributed by atoms with van der Waals surface area (Å²) in [6.45, 7) is 1.98. The third kappa shape index (κ3) is 3.63. The molecule has 3 heterocycles. The zero-order chi connectivity index (χ0) is 18.8. The van der Waals surface area contributed by atoms with Crippen LogP contribution in [0.1, 0.15) is 58.0 Å². The van der Waals surface area contributed by atoms with Crippen LogP contribution in [0.2, 0.25) is 0 Å². The Morgan fingerprint density at radius 2 is 2.15 bits per heavy atom. The number of rotatable bonds is 4. The lowest BCUT2D eigenvalue weighted by atomic mass is 9.94. The van der Waals surface area contributed by atoms with E-state index in [0.29, 0.717) is 18.8 Å². The Kier molecular flexibility index (Phi) is 5.01. The molecular weight excluding hydrogens is 344 g/mol. The summed E-state index contributed by atoms with van der Waals surface area (Å²) in [5.74, 6) is 0.449. The van der Waals surface area contributed by atoms with Crippen LogP contribution in [0.25, 0.3) is 0 Å². The second-order valence-electron chi connectivity index (χ2n) is 7.55. The first-order valence-corrected chi connectivity index (χ1v) is 9.79. The number of amides is 2. The molecule has 1 N–H and O–H groups in total. The molecular formula is C20H26N4O3. The van der Waals surface area contributed by atoms with Crippen LogP contribution >= 0.6 is 0 Å². The highest BCUT2D eigenvalue weighted by Gasteiger charge is 2.30. The van der Waals surface area contributed by atoms with Crippen LogP contribution in [-0.2, 0) is 19.9 Å². The Morgan fingerprint density at radius 3 is 2.96 bits per heavy atom. The summed E-state index contributed by atoms with van der Waals surface area (Å²) >= 11 is 0. The summed E-state index contributed by atoms with van der Waals surface area (Å²) in [6.07, 6.45) is 7.64. The zero-order valence-electron chi connectivity index (χ0n) is 15.7. The average molecular weight is 370 g/mol. The lowest BCUT2D eigenvalue weighted by Crippen LogP contribution is -2.44. The normalized spacial score (nSPS) is 19.6. The van der Waals surface area contributed by atoms with Crippen molar-refractivity contribution >= 4 is 11.8 Å². The van der Waals surface area contributed by atoms with E-state index < -0.39 is 0 Å². The van der Waals surface area contributed by atoms with Crippen molar-refractivity contribution in [1.82, 2.24) is 20.0 Å². The van der Waals surface area contributed by atoms with Gasteiger partial charge in [0.15, 0.2) is 5.76 Å². The van der Waals surface area contributed by atoms with Crippen LogP contribution in [-0.4, -0.2) is 46.1 Å². The van der Waals surface area contributed by atoms with Gasteiger partial charge in [0.2, 0.25) is 0 Å². The van der Waals surface area contributed by atoms with E-state index in [0.717, 1.165) is 62.0 Å². The number of piperidine rings is 1. The monoisotopic (exact) mass is 370 g/mol. The van der Waals surface area contributed by atoms with E-state index in [4.69, 9.17) is 4.42 Å². The minimum absolute atomic E-state index is 0.0789. The summed E-state index contributed by atoms with van der Waals surface area (Å²) in [5, 5.41) is 7.50. The van der Waals surface area contributed by atoms with Gasteiger partial charge >= 0.3 is 0 Å². The number of nitrogens with zero attached hydrogens (tertiary/aromatic N) is 3. The molecule has 0 aromatic carbocycles. The first-order chi connectivity index (χ1) is 13.1. The maximum Gasteiger partial charge on any atom is 0.286 e. The molecule has 1 unspecified atom stereocenters. The quantitative estimate of drug-likeness (QED) is 0.894. The Bertz CT molecular complexity index is 825. The molecule has 4 rings (SSSR count). The van der Waals surface area contributed by atoms with Gasteiger partial charge in [-0.15, -0.1) is 0 Å². The van der Waals surface area contributed by atoms with Crippen molar-refractivity contribution in [3.8, 4) is 0 Å². The number of hydrogen-bond acceptors (Lipinski definition) is 4. The number of aromatic nitrogens is 2. The van der Waals surface area contributed by atoms with Gasteiger partial charge in [0.05, 0.1) is 12.0 Å². The van der Waals surface area contributed by atoms with E-state index in [1.807, 2.05) is 11.9 Å². The van der Waals surface area contributed by atoms with Crippen molar-refractivity contribution in [3.05, 3.63) is 41.1 Å². The minimum atomic E-state index is -0.204. The highest BCUT2D eigenvalue weighted by atomic mass is 16.3. The summed E-state index contributed by atoms with van der Waals surface area (Å²) < 4.78 is 6.89. The number of likely N-dealkylation sites (tertiary alicyclic amines) is 1. The smallest absolute Gasteiger partial charge is 0.286 e. The molecule has 0 bridgehead atoms. The molecule has 1 atom stereocenters. The molecule has 7 nitrogen and oxygen atoms in total. The van der Waals surface area contributed by atoms with Gasteiger partial charge in [-0.1, -0.05) is 0 Å². The molecule has 0 spiro atoms. The summed E-state index contributed by atoms with van der Waals surface area (Å²) in [7, 11) is 1.87. The third-order valence-corrected chi connectivity index (χ3v) is 5.62. The SMILES string of the molecule is Cn1nc2c(c1C(=O)N1CCCC(CNC(=O)c3ccco3)C1)CCCC2. The van der Waals surface area contributed by atoms with E-state index in [2.05, 4.69) is 10.4 Å². The van der Waals surface area contributed by atoms with Crippen LogP contribution in [0, 0.1) is 5.92 Å². The number of carbonyl (C=O) groups excluding carboxylic acids is 2. The molecule has 2 aliphatic rings. The van der Waals surface area contributed by atoms with Crippen LogP contribution in [0.5, 0.6) is 0 Å². The number of hydrogen-bond donors (Lipinski definition) is 1. The number of aryl methyl sites for hydroxylation is 2. The lowest BCUT2D eigenvalue weighted by Gasteiger charge is -2.33. The van der Waals surface area contributed by atoms with Crippen molar-refractivity contribution in [2.24, 2.45) is 13.0 Å². The van der Waals surface area contributed by atoms with E-state index in [-0.39, 0.29) is 17.7 Å². The summed E-state index contributed by atoms with van der Waals surface area (Å²) in [4.78, 5) is 27.2. The predicted octanol–water partition coefficient (Wildman–Crippen LogP) is 2.17. The largest absolute Gasteiger partial charge is 0.459 e. The molecule has 0 saturated carbocycles. The van der Waals surface area contributed by atoms with Gasteiger partial charge in [0, 0.05) is 32.2 Å². The van der Waals surface area contributed by atoms with Crippen molar-refractivity contribution in [3.63, 3.8) is 0 Å². The van der Waals surface area contributed by atoms with Crippen molar-refractivity contribution < 1.29 is 14.0 Å². The third-order valence-electron chi connectivity index (χ3n) is 5.62. The number of fused-ring (bicyclic) bond motifs is 1. The average Bonchev–Trinajstić information content (AvgIpc) is 3.33. The fourth-order valence-corrected chi connectivity index (χ4v) is 4.25. The topological polar surface area (TPSA) is 80.4 Å². The first-order valence-electron chi connectivity index (χ1n) is 9.79. The van der Waals surface area contributed by atoms with Crippen LogP contribution in [0.4, 0.5) is 0 Å². The van der Waals surface area contributed by atoms with Gasteiger partial charge in [-0.05, 0) is 56.6 Å².